The van der Waals surface area contributed by atoms with E-state index in [4.69, 9.17) is 4.74 Å². The second kappa shape index (κ2) is 58.9. The summed E-state index contributed by atoms with van der Waals surface area (Å²) in [4.78, 5) is 24.6. The first-order chi connectivity index (χ1) is 34.0. The third-order valence-electron chi connectivity index (χ3n) is 14.5. The maximum atomic E-state index is 12.5. The first-order valence-corrected chi connectivity index (χ1v) is 31.1. The number of ether oxygens (including phenoxy) is 1. The van der Waals surface area contributed by atoms with Gasteiger partial charge in [-0.25, -0.2) is 0 Å². The Hall–Kier alpha value is -1.66. The van der Waals surface area contributed by atoms with Gasteiger partial charge in [0, 0.05) is 12.8 Å². The lowest BCUT2D eigenvalue weighted by atomic mass is 10.0. The molecule has 0 saturated heterocycles. The fourth-order valence-corrected chi connectivity index (χ4v) is 9.73. The van der Waals surface area contributed by atoms with Gasteiger partial charge in [-0.1, -0.05) is 295 Å². The van der Waals surface area contributed by atoms with Crippen LogP contribution in [0.3, 0.4) is 0 Å². The SMILES string of the molecule is CCCCCC/C=C\C/C=C\CCCCCCCCCC(=O)OCCCCCCCCCCCCCCCCCCCCCCC(=O)NC(CO)C(O)CCCCCCCCCCCCCCCC. The van der Waals surface area contributed by atoms with Crippen LogP contribution in [0, 0.1) is 0 Å². The van der Waals surface area contributed by atoms with Gasteiger partial charge in [-0.3, -0.25) is 9.59 Å². The number of unbranched alkanes of at least 4 members (excludes halogenated alkanes) is 43. The van der Waals surface area contributed by atoms with Crippen LogP contribution < -0.4 is 5.32 Å². The monoisotopic (exact) mass is 972 g/mol. The molecule has 0 aliphatic carbocycles. The van der Waals surface area contributed by atoms with Crippen LogP contribution in [-0.2, 0) is 14.3 Å². The number of esters is 1. The normalized spacial score (nSPS) is 12.7. The van der Waals surface area contributed by atoms with E-state index in [0.717, 1.165) is 51.4 Å². The molecule has 0 aromatic carbocycles. The van der Waals surface area contributed by atoms with Crippen molar-refractivity contribution in [2.75, 3.05) is 13.2 Å². The molecule has 69 heavy (non-hydrogen) atoms. The van der Waals surface area contributed by atoms with Gasteiger partial charge < -0.3 is 20.3 Å². The van der Waals surface area contributed by atoms with Gasteiger partial charge >= 0.3 is 5.97 Å². The number of hydrogen-bond acceptors (Lipinski definition) is 5. The van der Waals surface area contributed by atoms with E-state index in [-0.39, 0.29) is 18.5 Å². The second-order valence-corrected chi connectivity index (χ2v) is 21.4. The lowest BCUT2D eigenvalue weighted by Crippen LogP contribution is -2.45. The van der Waals surface area contributed by atoms with Gasteiger partial charge in [-0.05, 0) is 57.8 Å². The van der Waals surface area contributed by atoms with E-state index in [1.165, 1.54) is 257 Å². The fraction of sp³-hybridized carbons (Fsp3) is 0.905. The molecule has 3 N–H and O–H groups in total. The second-order valence-electron chi connectivity index (χ2n) is 21.4. The zero-order valence-electron chi connectivity index (χ0n) is 46.6. The Morgan fingerprint density at radius 1 is 0.406 bits per heavy atom. The zero-order valence-corrected chi connectivity index (χ0v) is 46.6. The molecular formula is C63H121NO5. The minimum absolute atomic E-state index is 0.00376. The van der Waals surface area contributed by atoms with Crippen LogP contribution in [0.1, 0.15) is 341 Å². The quantitative estimate of drug-likeness (QED) is 0.0321. The molecule has 0 fully saturated rings. The highest BCUT2D eigenvalue weighted by Crippen LogP contribution is 2.18. The van der Waals surface area contributed by atoms with Crippen LogP contribution >= 0.6 is 0 Å². The molecule has 2 unspecified atom stereocenters. The number of rotatable bonds is 58. The highest BCUT2D eigenvalue weighted by atomic mass is 16.5. The van der Waals surface area contributed by atoms with Gasteiger partial charge in [0.05, 0.1) is 25.4 Å². The standard InChI is InChI=1S/C63H121NO5/c1-3-5-7-9-11-13-15-17-19-20-26-29-33-37-41-45-49-53-57-63(68)69-58-54-50-46-42-38-34-30-27-24-22-21-23-25-28-32-36-40-44-48-52-56-62(67)64-60(59-65)61(66)55-51-47-43-39-35-31-18-16-14-12-10-8-6-4-2/h13,15,19-20,60-61,65-66H,3-12,14,16-18,21-59H2,1-2H3,(H,64,67)/b15-13-,20-19-. The van der Waals surface area contributed by atoms with Crippen LogP contribution in [0.15, 0.2) is 24.3 Å². The van der Waals surface area contributed by atoms with Crippen molar-refractivity contribution >= 4 is 11.9 Å². The highest BCUT2D eigenvalue weighted by Gasteiger charge is 2.20. The summed E-state index contributed by atoms with van der Waals surface area (Å²) in [5.41, 5.74) is 0. The molecule has 0 aliphatic heterocycles. The molecule has 0 aromatic heterocycles. The van der Waals surface area contributed by atoms with Crippen LogP contribution in [0.5, 0.6) is 0 Å². The van der Waals surface area contributed by atoms with E-state index < -0.39 is 12.1 Å². The van der Waals surface area contributed by atoms with Gasteiger partial charge in [0.25, 0.3) is 0 Å². The number of carbonyl (C=O) groups excluding carboxylic acids is 2. The number of nitrogens with one attached hydrogen (secondary N) is 1. The summed E-state index contributed by atoms with van der Waals surface area (Å²) in [6.45, 7) is 4.95. The van der Waals surface area contributed by atoms with E-state index in [1.54, 1.807) is 0 Å². The summed E-state index contributed by atoms with van der Waals surface area (Å²) < 4.78 is 5.49. The van der Waals surface area contributed by atoms with Crippen molar-refractivity contribution in [3.8, 4) is 0 Å². The Bertz CT molecular complexity index is 1080. The Balaban J connectivity index is 3.38. The molecule has 0 rings (SSSR count). The topological polar surface area (TPSA) is 95.9 Å². The van der Waals surface area contributed by atoms with Crippen LogP contribution in [0.4, 0.5) is 0 Å². The summed E-state index contributed by atoms with van der Waals surface area (Å²) in [7, 11) is 0. The maximum Gasteiger partial charge on any atom is 0.305 e. The fourth-order valence-electron chi connectivity index (χ4n) is 9.73. The molecule has 0 aromatic rings. The summed E-state index contributed by atoms with van der Waals surface area (Å²) in [5, 5.41) is 23.3. The minimum atomic E-state index is -0.665. The molecule has 0 saturated carbocycles. The molecule has 0 aliphatic rings. The zero-order chi connectivity index (χ0) is 50.0. The smallest absolute Gasteiger partial charge is 0.305 e. The van der Waals surface area contributed by atoms with Crippen molar-refractivity contribution in [3.05, 3.63) is 24.3 Å². The molecule has 0 spiro atoms. The van der Waals surface area contributed by atoms with Gasteiger partial charge in [0.1, 0.15) is 0 Å². The molecular weight excluding hydrogens is 851 g/mol. The average Bonchev–Trinajstić information content (AvgIpc) is 3.35. The third kappa shape index (κ3) is 55.5. The largest absolute Gasteiger partial charge is 0.466 e. The van der Waals surface area contributed by atoms with E-state index >= 15 is 0 Å². The Labute approximate surface area is 431 Å². The van der Waals surface area contributed by atoms with E-state index in [1.807, 2.05) is 0 Å². The molecule has 1 amide bonds. The van der Waals surface area contributed by atoms with Gasteiger partial charge in [-0.2, -0.15) is 0 Å². The van der Waals surface area contributed by atoms with Gasteiger partial charge in [0.15, 0.2) is 0 Å². The van der Waals surface area contributed by atoms with Crippen molar-refractivity contribution in [2.24, 2.45) is 0 Å². The third-order valence-corrected chi connectivity index (χ3v) is 14.5. The first-order valence-electron chi connectivity index (χ1n) is 31.1. The molecule has 408 valence electrons. The lowest BCUT2D eigenvalue weighted by Gasteiger charge is -2.22. The van der Waals surface area contributed by atoms with Crippen LogP contribution in [-0.4, -0.2) is 47.4 Å². The summed E-state index contributed by atoms with van der Waals surface area (Å²) in [6, 6.07) is -0.542. The Kier molecular flexibility index (Phi) is 57.5. The lowest BCUT2D eigenvalue weighted by molar-refractivity contribution is -0.143. The number of hydrogen-bond donors (Lipinski definition) is 3. The Morgan fingerprint density at radius 2 is 0.725 bits per heavy atom. The number of carbonyl (C=O) groups is 2. The van der Waals surface area contributed by atoms with E-state index in [0.29, 0.717) is 25.9 Å². The van der Waals surface area contributed by atoms with Gasteiger partial charge in [-0.15, -0.1) is 0 Å². The van der Waals surface area contributed by atoms with Crippen molar-refractivity contribution in [1.29, 1.82) is 0 Å². The summed E-state index contributed by atoms with van der Waals surface area (Å²) >= 11 is 0. The summed E-state index contributed by atoms with van der Waals surface area (Å²) in [5.74, 6) is -0.0316. The molecule has 0 radical (unpaired) electrons. The summed E-state index contributed by atoms with van der Waals surface area (Å²) in [6.07, 6.45) is 71.8. The van der Waals surface area contributed by atoms with Crippen molar-refractivity contribution < 1.29 is 24.5 Å². The molecule has 0 heterocycles. The van der Waals surface area contributed by atoms with Crippen LogP contribution in [0.25, 0.3) is 0 Å². The number of allylic oxidation sites excluding steroid dienone is 4. The molecule has 6 heteroatoms. The average molecular weight is 973 g/mol. The van der Waals surface area contributed by atoms with Crippen LogP contribution in [0.2, 0.25) is 0 Å². The number of aliphatic hydroxyl groups excluding tert-OH is 2. The number of aliphatic hydroxyl groups is 2. The highest BCUT2D eigenvalue weighted by molar-refractivity contribution is 5.76. The van der Waals surface area contributed by atoms with Gasteiger partial charge in [0.2, 0.25) is 5.91 Å². The van der Waals surface area contributed by atoms with E-state index in [2.05, 4.69) is 43.5 Å². The van der Waals surface area contributed by atoms with Crippen molar-refractivity contribution in [1.82, 2.24) is 5.32 Å². The predicted molar refractivity (Wildman–Crippen MR) is 301 cm³/mol. The predicted octanol–water partition coefficient (Wildman–Crippen LogP) is 19.4. The molecule has 2 atom stereocenters. The number of amides is 1. The van der Waals surface area contributed by atoms with Crippen molar-refractivity contribution in [3.63, 3.8) is 0 Å². The minimum Gasteiger partial charge on any atom is -0.466 e. The molecule has 0 bridgehead atoms. The Morgan fingerprint density at radius 3 is 1.12 bits per heavy atom. The maximum absolute atomic E-state index is 12.5. The molecule has 6 nitrogen and oxygen atoms in total. The first kappa shape index (κ1) is 67.3. The van der Waals surface area contributed by atoms with Crippen molar-refractivity contribution in [2.45, 2.75) is 353 Å². The van der Waals surface area contributed by atoms with E-state index in [9.17, 15) is 19.8 Å².